The maximum absolute atomic E-state index is 11.7. The molecule has 2 N–H and O–H groups in total. The number of nitrogens with zero attached hydrogens (tertiary/aromatic N) is 4. The van der Waals surface area contributed by atoms with Gasteiger partial charge in [0.05, 0.1) is 12.2 Å². The molecule has 19 heavy (non-hydrogen) atoms. The lowest BCUT2D eigenvalue weighted by Crippen LogP contribution is -2.29. The summed E-state index contributed by atoms with van der Waals surface area (Å²) >= 11 is 0. The first-order chi connectivity index (χ1) is 9.31. The zero-order valence-corrected chi connectivity index (χ0v) is 10.3. The highest BCUT2D eigenvalue weighted by Gasteiger charge is 2.21. The maximum Gasteiger partial charge on any atom is 0.238 e. The van der Waals surface area contributed by atoms with Gasteiger partial charge >= 0.3 is 0 Å². The second-order valence-corrected chi connectivity index (χ2v) is 4.51. The van der Waals surface area contributed by atoms with Gasteiger partial charge in [0, 0.05) is 11.7 Å². The molecule has 1 aromatic carbocycles. The van der Waals surface area contributed by atoms with Gasteiger partial charge in [-0.05, 0) is 41.5 Å². The molecule has 1 fully saturated rings. The molecule has 7 heteroatoms. The summed E-state index contributed by atoms with van der Waals surface area (Å²) in [7, 11) is 0. The normalized spacial score (nSPS) is 14.3. The maximum atomic E-state index is 11.7. The molecule has 0 radical (unpaired) electrons. The number of carbonyl (C=O) groups excluding carboxylic acids is 1. The summed E-state index contributed by atoms with van der Waals surface area (Å²) in [6, 6.07) is 7.90. The van der Waals surface area contributed by atoms with Gasteiger partial charge < -0.3 is 10.6 Å². The van der Waals surface area contributed by atoms with Crippen molar-refractivity contribution < 1.29 is 4.79 Å². The fourth-order valence-electron chi connectivity index (χ4n) is 1.74. The van der Waals surface area contributed by atoms with E-state index in [1.165, 1.54) is 23.9 Å². The number of benzene rings is 1. The first-order valence-electron chi connectivity index (χ1n) is 6.18. The minimum atomic E-state index is -0.0410. The number of hydrogen-bond acceptors (Lipinski definition) is 5. The van der Waals surface area contributed by atoms with Crippen molar-refractivity contribution in [1.29, 1.82) is 0 Å². The lowest BCUT2D eigenvalue weighted by molar-refractivity contribution is -0.115. The van der Waals surface area contributed by atoms with Gasteiger partial charge in [-0.25, -0.2) is 4.68 Å². The van der Waals surface area contributed by atoms with E-state index in [0.717, 1.165) is 11.4 Å². The molecule has 1 aliphatic rings. The van der Waals surface area contributed by atoms with Crippen LogP contribution in [0.3, 0.4) is 0 Å². The molecule has 0 bridgehead atoms. The summed E-state index contributed by atoms with van der Waals surface area (Å²) in [6.07, 6.45) is 3.85. The van der Waals surface area contributed by atoms with Gasteiger partial charge in [0.15, 0.2) is 0 Å². The lowest BCUT2D eigenvalue weighted by Gasteiger charge is -2.07. The van der Waals surface area contributed by atoms with Crippen LogP contribution in [0.2, 0.25) is 0 Å². The second-order valence-electron chi connectivity index (χ2n) is 4.51. The van der Waals surface area contributed by atoms with Crippen LogP contribution >= 0.6 is 0 Å². The van der Waals surface area contributed by atoms with E-state index < -0.39 is 0 Å². The van der Waals surface area contributed by atoms with Crippen LogP contribution < -0.4 is 10.6 Å². The Morgan fingerprint density at radius 2 is 2.32 bits per heavy atom. The van der Waals surface area contributed by atoms with E-state index in [4.69, 9.17) is 0 Å². The van der Waals surface area contributed by atoms with Gasteiger partial charge in [0.1, 0.15) is 6.33 Å². The number of carbonyl (C=O) groups is 1. The highest BCUT2D eigenvalue weighted by Crippen LogP contribution is 2.18. The minimum absolute atomic E-state index is 0.0410. The third kappa shape index (κ3) is 3.14. The molecule has 7 nitrogen and oxygen atoms in total. The van der Waals surface area contributed by atoms with Gasteiger partial charge in [0.25, 0.3) is 0 Å². The van der Waals surface area contributed by atoms with E-state index >= 15 is 0 Å². The molecule has 1 aliphatic carbocycles. The van der Waals surface area contributed by atoms with Crippen LogP contribution in [-0.2, 0) is 4.79 Å². The van der Waals surface area contributed by atoms with Crippen molar-refractivity contribution in [3.05, 3.63) is 30.6 Å². The van der Waals surface area contributed by atoms with E-state index in [9.17, 15) is 4.79 Å². The Bertz CT molecular complexity index is 563. The molecule has 3 rings (SSSR count). The van der Waals surface area contributed by atoms with Gasteiger partial charge in [-0.2, -0.15) is 0 Å². The molecule has 1 heterocycles. The molecule has 0 aliphatic heterocycles. The largest absolute Gasteiger partial charge is 0.325 e. The van der Waals surface area contributed by atoms with Crippen LogP contribution in [0.5, 0.6) is 0 Å². The fourth-order valence-corrected chi connectivity index (χ4v) is 1.74. The SMILES string of the molecule is O=C(CNC1CC1)Nc1cccc(-n2cnnn2)c1. The average Bonchev–Trinajstić information content (AvgIpc) is 3.09. The van der Waals surface area contributed by atoms with E-state index in [1.54, 1.807) is 0 Å². The zero-order chi connectivity index (χ0) is 13.1. The minimum Gasteiger partial charge on any atom is -0.325 e. The van der Waals surface area contributed by atoms with E-state index in [1.807, 2.05) is 24.3 Å². The van der Waals surface area contributed by atoms with Gasteiger partial charge in [-0.3, -0.25) is 4.79 Å². The summed E-state index contributed by atoms with van der Waals surface area (Å²) in [6.45, 7) is 0.347. The Hall–Kier alpha value is -2.28. The van der Waals surface area contributed by atoms with Gasteiger partial charge in [-0.15, -0.1) is 5.10 Å². The molecule has 0 saturated heterocycles. The standard InChI is InChI=1S/C12H14N6O/c19-12(7-13-9-4-5-9)15-10-2-1-3-11(6-10)18-8-14-16-17-18/h1-3,6,8-9,13H,4-5,7H2,(H,15,19). The zero-order valence-electron chi connectivity index (χ0n) is 10.3. The van der Waals surface area contributed by atoms with Crippen molar-refractivity contribution in [2.45, 2.75) is 18.9 Å². The number of aromatic nitrogens is 4. The Morgan fingerprint density at radius 1 is 1.42 bits per heavy atom. The molecule has 1 saturated carbocycles. The molecular weight excluding hydrogens is 244 g/mol. The van der Waals surface area contributed by atoms with Gasteiger partial charge in [0.2, 0.25) is 5.91 Å². The van der Waals surface area contributed by atoms with Crippen LogP contribution in [-0.4, -0.2) is 38.7 Å². The van der Waals surface area contributed by atoms with Crippen molar-refractivity contribution in [3.8, 4) is 5.69 Å². The molecule has 0 atom stereocenters. The van der Waals surface area contributed by atoms with E-state index in [0.29, 0.717) is 12.6 Å². The number of anilines is 1. The summed E-state index contributed by atoms with van der Waals surface area (Å²) in [5, 5.41) is 17.0. The summed E-state index contributed by atoms with van der Waals surface area (Å²) in [5.74, 6) is -0.0410. The number of tetrazole rings is 1. The average molecular weight is 258 g/mol. The van der Waals surface area contributed by atoms with Crippen LogP contribution in [0.4, 0.5) is 5.69 Å². The molecule has 0 unspecified atom stereocenters. The van der Waals surface area contributed by atoms with Crippen molar-refractivity contribution in [1.82, 2.24) is 25.5 Å². The van der Waals surface area contributed by atoms with Gasteiger partial charge in [-0.1, -0.05) is 6.07 Å². The van der Waals surface area contributed by atoms with Crippen molar-refractivity contribution >= 4 is 11.6 Å². The summed E-state index contributed by atoms with van der Waals surface area (Å²) < 4.78 is 1.54. The van der Waals surface area contributed by atoms with E-state index in [2.05, 4.69) is 26.2 Å². The first-order valence-corrected chi connectivity index (χ1v) is 6.18. The Morgan fingerprint density at radius 3 is 3.05 bits per heavy atom. The third-order valence-corrected chi connectivity index (χ3v) is 2.87. The smallest absolute Gasteiger partial charge is 0.238 e. The van der Waals surface area contributed by atoms with Crippen LogP contribution in [0.25, 0.3) is 5.69 Å². The van der Waals surface area contributed by atoms with Crippen LogP contribution in [0, 0.1) is 0 Å². The van der Waals surface area contributed by atoms with E-state index in [-0.39, 0.29) is 5.91 Å². The predicted molar refractivity (Wildman–Crippen MR) is 68.8 cm³/mol. The van der Waals surface area contributed by atoms with Crippen molar-refractivity contribution in [2.75, 3.05) is 11.9 Å². The second kappa shape index (κ2) is 5.15. The Labute approximate surface area is 110 Å². The summed E-state index contributed by atoms with van der Waals surface area (Å²) in [5.41, 5.74) is 1.54. The Kier molecular flexibility index (Phi) is 3.20. The van der Waals surface area contributed by atoms with Crippen molar-refractivity contribution in [2.24, 2.45) is 0 Å². The number of nitrogens with one attached hydrogen (secondary N) is 2. The van der Waals surface area contributed by atoms with Crippen LogP contribution in [0.15, 0.2) is 30.6 Å². The first kappa shape index (κ1) is 11.8. The van der Waals surface area contributed by atoms with Crippen LogP contribution in [0.1, 0.15) is 12.8 Å². The molecule has 1 amide bonds. The number of amides is 1. The monoisotopic (exact) mass is 258 g/mol. The molecule has 98 valence electrons. The third-order valence-electron chi connectivity index (χ3n) is 2.87. The lowest BCUT2D eigenvalue weighted by atomic mass is 10.2. The summed E-state index contributed by atoms with van der Waals surface area (Å²) in [4.78, 5) is 11.7. The topological polar surface area (TPSA) is 84.7 Å². The molecule has 1 aromatic heterocycles. The fraction of sp³-hybridized carbons (Fsp3) is 0.333. The number of rotatable bonds is 5. The molecule has 0 spiro atoms. The van der Waals surface area contributed by atoms with Crippen molar-refractivity contribution in [3.63, 3.8) is 0 Å². The predicted octanol–water partition coefficient (Wildman–Crippen LogP) is 0.353. The Balaban J connectivity index is 1.63. The number of hydrogen-bond donors (Lipinski definition) is 2. The highest BCUT2D eigenvalue weighted by molar-refractivity contribution is 5.92. The quantitative estimate of drug-likeness (QED) is 0.808. The molecule has 2 aromatic rings. The highest BCUT2D eigenvalue weighted by atomic mass is 16.1. The molecular formula is C12H14N6O.